The molecule has 22 heavy (non-hydrogen) atoms. The fourth-order valence-corrected chi connectivity index (χ4v) is 2.40. The van der Waals surface area contributed by atoms with E-state index in [0.29, 0.717) is 0 Å². The van der Waals surface area contributed by atoms with Crippen molar-refractivity contribution in [2.75, 3.05) is 6.61 Å². The van der Waals surface area contributed by atoms with Crippen molar-refractivity contribution in [1.29, 1.82) is 5.26 Å². The summed E-state index contributed by atoms with van der Waals surface area (Å²) in [6.07, 6.45) is 12.6. The molecule has 2 nitrogen and oxygen atoms in total. The van der Waals surface area contributed by atoms with Crippen molar-refractivity contribution in [3.05, 3.63) is 65.5 Å². The molecule has 0 spiro atoms. The van der Waals surface area contributed by atoms with E-state index in [4.69, 9.17) is 4.74 Å². The summed E-state index contributed by atoms with van der Waals surface area (Å²) in [5.74, 6) is 0.651. The summed E-state index contributed by atoms with van der Waals surface area (Å²) < 4.78 is 5.81. The fourth-order valence-electron chi connectivity index (χ4n) is 2.40. The summed E-state index contributed by atoms with van der Waals surface area (Å²) in [4.78, 5) is 0. The maximum absolute atomic E-state index is 9.29. The lowest BCUT2D eigenvalue weighted by molar-refractivity contribution is 0.216. The summed E-state index contributed by atoms with van der Waals surface area (Å²) in [6.45, 7) is 2.95. The molecule has 2 rings (SSSR count). The highest BCUT2D eigenvalue weighted by molar-refractivity contribution is 5.60. The van der Waals surface area contributed by atoms with Crippen molar-refractivity contribution in [1.82, 2.24) is 0 Å². The first-order chi connectivity index (χ1) is 10.8. The van der Waals surface area contributed by atoms with Crippen LogP contribution in [0.4, 0.5) is 0 Å². The van der Waals surface area contributed by atoms with E-state index in [1.54, 1.807) is 0 Å². The molecule has 1 aromatic rings. The lowest BCUT2D eigenvalue weighted by Crippen LogP contribution is -2.04. The molecule has 0 saturated carbocycles. The van der Waals surface area contributed by atoms with E-state index in [1.165, 1.54) is 19.3 Å². The van der Waals surface area contributed by atoms with Gasteiger partial charge in [-0.3, -0.25) is 0 Å². The molecule has 1 atom stereocenters. The second kappa shape index (κ2) is 8.89. The second-order valence-electron chi connectivity index (χ2n) is 5.48. The zero-order valence-corrected chi connectivity index (χ0v) is 13.2. The molecule has 2 heteroatoms. The molecule has 0 bridgehead atoms. The van der Waals surface area contributed by atoms with Gasteiger partial charge in [0, 0.05) is 0 Å². The fraction of sp³-hybridized carbons (Fsp3) is 0.350. The lowest BCUT2D eigenvalue weighted by Gasteiger charge is -2.15. The summed E-state index contributed by atoms with van der Waals surface area (Å²) in [5, 5.41) is 9.29. The number of unbranched alkanes of at least 4 members (excludes halogenated alkanes) is 3. The van der Waals surface area contributed by atoms with Crippen molar-refractivity contribution in [3.63, 3.8) is 0 Å². The molecule has 114 valence electrons. The molecule has 0 N–H and O–H groups in total. The smallest absolute Gasteiger partial charge is 0.119 e. The highest BCUT2D eigenvalue weighted by atomic mass is 16.5. The number of rotatable bonds is 7. The van der Waals surface area contributed by atoms with Crippen molar-refractivity contribution in [2.24, 2.45) is 5.92 Å². The zero-order chi connectivity index (χ0) is 15.6. The third-order valence-electron chi connectivity index (χ3n) is 3.66. The average Bonchev–Trinajstić information content (AvgIpc) is 2.56. The van der Waals surface area contributed by atoms with Crippen LogP contribution in [0.5, 0.6) is 0 Å². The van der Waals surface area contributed by atoms with Crippen LogP contribution in [-0.2, 0) is 4.74 Å². The Balaban J connectivity index is 2.02. The number of allylic oxidation sites excluding steroid dienone is 4. The number of ether oxygens (including phenoxy) is 1. The third-order valence-corrected chi connectivity index (χ3v) is 3.66. The molecular weight excluding hydrogens is 270 g/mol. The van der Waals surface area contributed by atoms with Crippen LogP contribution in [0, 0.1) is 17.2 Å². The van der Waals surface area contributed by atoms with Gasteiger partial charge in [0.15, 0.2) is 0 Å². The largest absolute Gasteiger partial charge is 0.494 e. The maximum Gasteiger partial charge on any atom is 0.119 e. The zero-order valence-electron chi connectivity index (χ0n) is 13.2. The first-order valence-electron chi connectivity index (χ1n) is 8.02. The first-order valence-corrected chi connectivity index (χ1v) is 8.02. The van der Waals surface area contributed by atoms with Crippen LogP contribution in [0.15, 0.2) is 59.9 Å². The Bertz CT molecular complexity index is 590. The molecule has 1 aliphatic rings. The highest BCUT2D eigenvalue weighted by Gasteiger charge is 2.14. The molecule has 1 aromatic carbocycles. The summed E-state index contributed by atoms with van der Waals surface area (Å²) in [6, 6.07) is 12.4. The Morgan fingerprint density at radius 3 is 2.73 bits per heavy atom. The van der Waals surface area contributed by atoms with E-state index >= 15 is 0 Å². The Labute approximate surface area is 133 Å². The number of nitriles is 1. The molecule has 0 heterocycles. The normalized spacial score (nSPS) is 18.8. The van der Waals surface area contributed by atoms with Crippen LogP contribution in [0.3, 0.4) is 0 Å². The predicted octanol–water partition coefficient (Wildman–Crippen LogP) is 5.26. The molecule has 1 unspecified atom stereocenters. The van der Waals surface area contributed by atoms with Crippen LogP contribution in [0.2, 0.25) is 0 Å². The molecule has 0 fully saturated rings. The third kappa shape index (κ3) is 4.93. The minimum atomic E-state index is -0.201. The van der Waals surface area contributed by atoms with E-state index in [1.807, 2.05) is 48.6 Å². The van der Waals surface area contributed by atoms with Crippen LogP contribution in [0.1, 0.15) is 38.2 Å². The van der Waals surface area contributed by atoms with Crippen molar-refractivity contribution >= 4 is 6.08 Å². The minimum Gasteiger partial charge on any atom is -0.494 e. The van der Waals surface area contributed by atoms with E-state index < -0.39 is 0 Å². The molecule has 0 aliphatic heterocycles. The standard InChI is InChI=1S/C20H23NO/c1-2-3-4-8-13-22-20-12-11-18(16-21)19(15-20)14-17-9-6-5-7-10-17/h5-7,9-12,14-15,18H,2-4,8,13H2,1H3. The minimum absolute atomic E-state index is 0.201. The van der Waals surface area contributed by atoms with Gasteiger partial charge in [-0.2, -0.15) is 5.26 Å². The monoisotopic (exact) mass is 293 g/mol. The van der Waals surface area contributed by atoms with Crippen LogP contribution >= 0.6 is 0 Å². The topological polar surface area (TPSA) is 33.0 Å². The van der Waals surface area contributed by atoms with Gasteiger partial charge < -0.3 is 4.74 Å². The van der Waals surface area contributed by atoms with E-state index in [2.05, 4.69) is 19.1 Å². The first kappa shape index (κ1) is 16.1. The summed E-state index contributed by atoms with van der Waals surface area (Å²) >= 11 is 0. The predicted molar refractivity (Wildman–Crippen MR) is 90.8 cm³/mol. The van der Waals surface area contributed by atoms with Gasteiger partial charge in [0.2, 0.25) is 0 Å². The van der Waals surface area contributed by atoms with Gasteiger partial charge in [0.05, 0.1) is 18.6 Å². The lowest BCUT2D eigenvalue weighted by atomic mass is 9.93. The van der Waals surface area contributed by atoms with Gasteiger partial charge in [-0.15, -0.1) is 0 Å². The summed E-state index contributed by atoms with van der Waals surface area (Å²) in [7, 11) is 0. The van der Waals surface area contributed by atoms with Gasteiger partial charge >= 0.3 is 0 Å². The maximum atomic E-state index is 9.29. The van der Waals surface area contributed by atoms with Gasteiger partial charge in [-0.25, -0.2) is 0 Å². The summed E-state index contributed by atoms with van der Waals surface area (Å²) in [5.41, 5.74) is 2.09. The van der Waals surface area contributed by atoms with Crippen LogP contribution in [-0.4, -0.2) is 6.61 Å². The Kier molecular flexibility index (Phi) is 6.51. The molecule has 1 aliphatic carbocycles. The molecule has 0 aromatic heterocycles. The van der Waals surface area contributed by atoms with Crippen LogP contribution in [0.25, 0.3) is 6.08 Å². The molecule has 0 amide bonds. The number of hydrogen-bond acceptors (Lipinski definition) is 2. The quantitative estimate of drug-likeness (QED) is 0.642. The van der Waals surface area contributed by atoms with E-state index in [-0.39, 0.29) is 5.92 Å². The average molecular weight is 293 g/mol. The van der Waals surface area contributed by atoms with Crippen molar-refractivity contribution in [2.45, 2.75) is 32.6 Å². The Morgan fingerprint density at radius 1 is 1.18 bits per heavy atom. The molecular formula is C20H23NO. The number of nitrogens with zero attached hydrogens (tertiary/aromatic N) is 1. The van der Waals surface area contributed by atoms with E-state index in [9.17, 15) is 5.26 Å². The number of benzene rings is 1. The SMILES string of the molecule is CCCCCCOC1=CC(=Cc2ccccc2)C(C#N)C=C1. The van der Waals surface area contributed by atoms with Gasteiger partial charge in [-0.1, -0.05) is 62.6 Å². The van der Waals surface area contributed by atoms with Crippen molar-refractivity contribution < 1.29 is 4.74 Å². The van der Waals surface area contributed by atoms with Crippen molar-refractivity contribution in [3.8, 4) is 6.07 Å². The van der Waals surface area contributed by atoms with Gasteiger partial charge in [-0.05, 0) is 35.8 Å². The second-order valence-corrected chi connectivity index (χ2v) is 5.48. The molecule has 0 saturated heterocycles. The number of hydrogen-bond donors (Lipinski definition) is 0. The molecule has 0 radical (unpaired) electrons. The van der Waals surface area contributed by atoms with E-state index in [0.717, 1.165) is 29.9 Å². The Morgan fingerprint density at radius 2 is 2.00 bits per heavy atom. The van der Waals surface area contributed by atoms with Crippen LogP contribution < -0.4 is 0 Å². The highest BCUT2D eigenvalue weighted by Crippen LogP contribution is 2.25. The Hall–Kier alpha value is -2.27. The van der Waals surface area contributed by atoms with Gasteiger partial charge in [0.1, 0.15) is 5.76 Å². The van der Waals surface area contributed by atoms with Gasteiger partial charge in [0.25, 0.3) is 0 Å².